The molecule has 7 nitrogen and oxygen atoms in total. The summed E-state index contributed by atoms with van der Waals surface area (Å²) >= 11 is 7.28. The summed E-state index contributed by atoms with van der Waals surface area (Å²) in [6.07, 6.45) is 0.703. The van der Waals surface area contributed by atoms with Crippen molar-refractivity contribution >= 4 is 51.7 Å². The van der Waals surface area contributed by atoms with Crippen LogP contribution in [0.4, 0.5) is 11.4 Å². The smallest absolute Gasteiger partial charge is 0.238 e. The Morgan fingerprint density at radius 2 is 1.78 bits per heavy atom. The zero-order valence-corrected chi connectivity index (χ0v) is 21.5. The van der Waals surface area contributed by atoms with Crippen molar-refractivity contribution in [2.75, 3.05) is 26.1 Å². The van der Waals surface area contributed by atoms with Crippen molar-refractivity contribution in [1.29, 1.82) is 0 Å². The van der Waals surface area contributed by atoms with Gasteiger partial charge in [0.05, 0.1) is 19.9 Å². The summed E-state index contributed by atoms with van der Waals surface area (Å²) in [5.41, 5.74) is 2.32. The molecule has 0 spiro atoms. The minimum Gasteiger partial charge on any atom is -0.497 e. The lowest BCUT2D eigenvalue weighted by Gasteiger charge is -2.32. The van der Waals surface area contributed by atoms with Crippen molar-refractivity contribution in [2.24, 2.45) is 4.99 Å². The summed E-state index contributed by atoms with van der Waals surface area (Å²) in [6, 6.07) is 21.9. The molecule has 0 bridgehead atoms. The number of benzene rings is 3. The third kappa shape index (κ3) is 6.59. The number of rotatable bonds is 8. The highest BCUT2D eigenvalue weighted by atomic mass is 35.5. The van der Waals surface area contributed by atoms with Gasteiger partial charge in [0.15, 0.2) is 5.17 Å². The predicted molar refractivity (Wildman–Crippen MR) is 145 cm³/mol. The standard InChI is InChI=1S/C27H26ClN3O4S/c1-34-22-12-10-20(11-13-22)30-27-31(15-14-18-6-8-19(28)9-7-18)25(32)17-24(36-27)26(33)29-21-4-3-5-23(16-21)35-2/h3-13,16,24H,14-15,17H2,1-2H3,(H,29,33). The Labute approximate surface area is 219 Å². The molecule has 9 heteroatoms. The van der Waals surface area contributed by atoms with Crippen LogP contribution in [0.5, 0.6) is 11.5 Å². The molecule has 1 unspecified atom stereocenters. The van der Waals surface area contributed by atoms with E-state index in [0.29, 0.717) is 46.0 Å². The van der Waals surface area contributed by atoms with Gasteiger partial charge in [0, 0.05) is 29.7 Å². The first kappa shape index (κ1) is 25.6. The number of aliphatic imine (C=N–C) groups is 1. The maximum absolute atomic E-state index is 13.2. The molecule has 1 fully saturated rings. The summed E-state index contributed by atoms with van der Waals surface area (Å²) in [7, 11) is 3.16. The lowest BCUT2D eigenvalue weighted by Crippen LogP contribution is -2.46. The fraction of sp³-hybridized carbons (Fsp3) is 0.222. The molecule has 1 N–H and O–H groups in total. The van der Waals surface area contributed by atoms with Crippen LogP contribution < -0.4 is 14.8 Å². The highest BCUT2D eigenvalue weighted by Gasteiger charge is 2.35. The van der Waals surface area contributed by atoms with Crippen LogP contribution in [0.15, 0.2) is 77.8 Å². The highest BCUT2D eigenvalue weighted by molar-refractivity contribution is 8.15. The Morgan fingerprint density at radius 3 is 2.47 bits per heavy atom. The maximum Gasteiger partial charge on any atom is 0.238 e. The van der Waals surface area contributed by atoms with Crippen LogP contribution >= 0.6 is 23.4 Å². The molecule has 1 heterocycles. The molecule has 1 aliphatic rings. The maximum atomic E-state index is 13.2. The number of ether oxygens (including phenoxy) is 2. The summed E-state index contributed by atoms with van der Waals surface area (Å²) in [6.45, 7) is 0.437. The average molecular weight is 524 g/mol. The van der Waals surface area contributed by atoms with Gasteiger partial charge in [0.2, 0.25) is 11.8 Å². The first-order valence-electron chi connectivity index (χ1n) is 11.3. The number of halogens is 1. The van der Waals surface area contributed by atoms with Gasteiger partial charge in [-0.1, -0.05) is 41.6 Å². The molecular weight excluding hydrogens is 498 g/mol. The van der Waals surface area contributed by atoms with E-state index in [-0.39, 0.29) is 18.2 Å². The third-order valence-corrected chi connectivity index (χ3v) is 7.04. The van der Waals surface area contributed by atoms with Gasteiger partial charge in [-0.05, 0) is 60.5 Å². The normalized spacial score (nSPS) is 16.6. The number of amides is 2. The van der Waals surface area contributed by atoms with Gasteiger partial charge in [-0.25, -0.2) is 4.99 Å². The van der Waals surface area contributed by atoms with Gasteiger partial charge in [-0.2, -0.15) is 0 Å². The number of hydrogen-bond donors (Lipinski definition) is 1. The van der Waals surface area contributed by atoms with E-state index in [2.05, 4.69) is 5.32 Å². The van der Waals surface area contributed by atoms with Gasteiger partial charge in [-0.15, -0.1) is 0 Å². The molecule has 186 valence electrons. The molecule has 0 radical (unpaired) electrons. The minimum absolute atomic E-state index is 0.0721. The van der Waals surface area contributed by atoms with Gasteiger partial charge >= 0.3 is 0 Å². The number of carbonyl (C=O) groups excluding carboxylic acids is 2. The topological polar surface area (TPSA) is 80.2 Å². The molecule has 3 aromatic carbocycles. The average Bonchev–Trinajstić information content (AvgIpc) is 2.89. The molecule has 0 aromatic heterocycles. The van der Waals surface area contributed by atoms with E-state index in [1.807, 2.05) is 36.4 Å². The van der Waals surface area contributed by atoms with E-state index in [9.17, 15) is 9.59 Å². The lowest BCUT2D eigenvalue weighted by atomic mass is 10.1. The molecule has 2 amide bonds. The van der Waals surface area contributed by atoms with Crippen LogP contribution in [0.25, 0.3) is 0 Å². The van der Waals surface area contributed by atoms with E-state index in [0.717, 1.165) is 5.56 Å². The number of methoxy groups -OCH3 is 2. The van der Waals surface area contributed by atoms with Crippen LogP contribution in [0, 0.1) is 0 Å². The van der Waals surface area contributed by atoms with Crippen molar-refractivity contribution < 1.29 is 19.1 Å². The number of carbonyl (C=O) groups is 2. The first-order valence-corrected chi connectivity index (χ1v) is 12.6. The second-order valence-electron chi connectivity index (χ2n) is 8.05. The third-order valence-electron chi connectivity index (χ3n) is 5.60. The first-order chi connectivity index (χ1) is 17.4. The second-order valence-corrected chi connectivity index (χ2v) is 9.65. The molecule has 3 aromatic rings. The number of nitrogens with one attached hydrogen (secondary N) is 1. The number of hydrogen-bond acceptors (Lipinski definition) is 6. The molecule has 1 saturated heterocycles. The fourth-order valence-corrected chi connectivity index (χ4v) is 4.89. The van der Waals surface area contributed by atoms with Crippen molar-refractivity contribution in [3.63, 3.8) is 0 Å². The second kappa shape index (κ2) is 12.0. The van der Waals surface area contributed by atoms with E-state index < -0.39 is 5.25 Å². The van der Waals surface area contributed by atoms with Gasteiger partial charge in [0.1, 0.15) is 16.7 Å². The Bertz CT molecular complexity index is 1250. The summed E-state index contributed by atoms with van der Waals surface area (Å²) < 4.78 is 10.5. The Morgan fingerprint density at radius 1 is 1.06 bits per heavy atom. The van der Waals surface area contributed by atoms with Gasteiger partial charge in [-0.3, -0.25) is 14.5 Å². The van der Waals surface area contributed by atoms with Crippen molar-refractivity contribution in [3.05, 3.63) is 83.4 Å². The molecule has 1 atom stereocenters. The summed E-state index contributed by atoms with van der Waals surface area (Å²) in [4.78, 5) is 32.7. The van der Waals surface area contributed by atoms with Gasteiger partial charge < -0.3 is 14.8 Å². The fourth-order valence-electron chi connectivity index (χ4n) is 3.64. The van der Waals surface area contributed by atoms with Crippen molar-refractivity contribution in [2.45, 2.75) is 18.1 Å². The Balaban J connectivity index is 1.55. The van der Waals surface area contributed by atoms with Crippen LogP contribution in [0.2, 0.25) is 5.02 Å². The molecule has 36 heavy (non-hydrogen) atoms. The largest absolute Gasteiger partial charge is 0.497 e. The monoisotopic (exact) mass is 523 g/mol. The molecule has 0 saturated carbocycles. The van der Waals surface area contributed by atoms with E-state index >= 15 is 0 Å². The SMILES string of the molecule is COc1ccc(N=C2SC(C(=O)Nc3cccc(OC)c3)CC(=O)N2CCc2ccc(Cl)cc2)cc1. The zero-order valence-electron chi connectivity index (χ0n) is 19.9. The minimum atomic E-state index is -0.618. The number of thioether (sulfide) groups is 1. The Hall–Kier alpha value is -3.49. The molecule has 4 rings (SSSR count). The molecular formula is C27H26ClN3O4S. The van der Waals surface area contributed by atoms with Crippen LogP contribution in [-0.2, 0) is 16.0 Å². The lowest BCUT2D eigenvalue weighted by molar-refractivity contribution is -0.129. The molecule has 1 aliphatic heterocycles. The Kier molecular flexibility index (Phi) is 8.51. The number of amidine groups is 1. The zero-order chi connectivity index (χ0) is 25.5. The van der Waals surface area contributed by atoms with Gasteiger partial charge in [0.25, 0.3) is 0 Å². The van der Waals surface area contributed by atoms with Crippen LogP contribution in [-0.4, -0.2) is 47.9 Å². The number of anilines is 1. The number of nitrogens with zero attached hydrogens (tertiary/aromatic N) is 2. The molecule has 0 aliphatic carbocycles. The van der Waals surface area contributed by atoms with Crippen LogP contribution in [0.3, 0.4) is 0 Å². The van der Waals surface area contributed by atoms with E-state index in [1.54, 1.807) is 55.5 Å². The predicted octanol–water partition coefficient (Wildman–Crippen LogP) is 5.56. The van der Waals surface area contributed by atoms with Crippen molar-refractivity contribution in [1.82, 2.24) is 4.90 Å². The quantitative estimate of drug-likeness (QED) is 0.418. The van der Waals surface area contributed by atoms with Crippen LogP contribution in [0.1, 0.15) is 12.0 Å². The highest BCUT2D eigenvalue weighted by Crippen LogP contribution is 2.31. The van der Waals surface area contributed by atoms with Crippen molar-refractivity contribution in [3.8, 4) is 11.5 Å². The van der Waals surface area contributed by atoms with E-state index in [1.165, 1.54) is 11.8 Å². The summed E-state index contributed by atoms with van der Waals surface area (Å²) in [5, 5.41) is 3.42. The van der Waals surface area contributed by atoms with E-state index in [4.69, 9.17) is 26.1 Å². The summed E-state index contributed by atoms with van der Waals surface area (Å²) in [5.74, 6) is 0.930.